The van der Waals surface area contributed by atoms with Gasteiger partial charge in [-0.05, 0) is 54.4 Å². The lowest BCUT2D eigenvalue weighted by atomic mass is 9.90. The molecule has 3 rings (SSSR count). The van der Waals surface area contributed by atoms with Gasteiger partial charge in [-0.1, -0.05) is 38.8 Å². The molecule has 3 atom stereocenters. The Morgan fingerprint density at radius 3 is 2.89 bits per heavy atom. The van der Waals surface area contributed by atoms with Crippen molar-refractivity contribution in [2.45, 2.75) is 37.4 Å². The van der Waals surface area contributed by atoms with Crippen LogP contribution < -0.4 is 4.74 Å². The second-order valence-corrected chi connectivity index (χ2v) is 7.66. The van der Waals surface area contributed by atoms with E-state index in [0.29, 0.717) is 4.83 Å². The van der Waals surface area contributed by atoms with Crippen molar-refractivity contribution in [3.8, 4) is 5.75 Å². The van der Waals surface area contributed by atoms with Crippen molar-refractivity contribution in [2.75, 3.05) is 6.61 Å². The van der Waals surface area contributed by atoms with Crippen LogP contribution in [0.1, 0.15) is 30.9 Å². The molecule has 3 heteroatoms. The Balaban J connectivity index is 1.85. The zero-order valence-electron chi connectivity index (χ0n) is 10.6. The molecule has 0 amide bonds. The van der Waals surface area contributed by atoms with Gasteiger partial charge in [-0.3, -0.25) is 0 Å². The molecule has 0 spiro atoms. The topological polar surface area (TPSA) is 9.23 Å². The zero-order chi connectivity index (χ0) is 12.7. The lowest BCUT2D eigenvalue weighted by Crippen LogP contribution is -2.13. The first-order valence-electron chi connectivity index (χ1n) is 6.73. The quantitative estimate of drug-likeness (QED) is 0.680. The van der Waals surface area contributed by atoms with Gasteiger partial charge < -0.3 is 4.74 Å². The fourth-order valence-electron chi connectivity index (χ4n) is 3.26. The lowest BCUT2D eigenvalue weighted by molar-refractivity contribution is 0.347. The van der Waals surface area contributed by atoms with Crippen molar-refractivity contribution in [3.63, 3.8) is 0 Å². The van der Waals surface area contributed by atoms with Gasteiger partial charge in [-0.25, -0.2) is 0 Å². The average molecular weight is 374 g/mol. The summed E-state index contributed by atoms with van der Waals surface area (Å²) in [4.78, 5) is 0.698. The van der Waals surface area contributed by atoms with Crippen LogP contribution in [0.25, 0.3) is 0 Å². The fraction of sp³-hybridized carbons (Fsp3) is 0.600. The zero-order valence-corrected chi connectivity index (χ0v) is 13.8. The molecule has 0 bridgehead atoms. The summed E-state index contributed by atoms with van der Waals surface area (Å²) < 4.78 is 7.02. The van der Waals surface area contributed by atoms with Gasteiger partial charge in [0.1, 0.15) is 5.75 Å². The van der Waals surface area contributed by atoms with Crippen LogP contribution in [0.2, 0.25) is 0 Å². The second kappa shape index (κ2) is 5.16. The normalized spacial score (nSPS) is 30.3. The molecular formula is C15H18Br2O. The van der Waals surface area contributed by atoms with Crippen molar-refractivity contribution in [2.24, 2.45) is 11.8 Å². The van der Waals surface area contributed by atoms with E-state index in [-0.39, 0.29) is 0 Å². The van der Waals surface area contributed by atoms with Gasteiger partial charge >= 0.3 is 0 Å². The lowest BCUT2D eigenvalue weighted by Gasteiger charge is -2.19. The predicted octanol–water partition coefficient (Wildman–Crippen LogP) is 4.74. The summed E-state index contributed by atoms with van der Waals surface area (Å²) in [6, 6.07) is 4.45. The van der Waals surface area contributed by atoms with Crippen LogP contribution in [0.4, 0.5) is 0 Å². The molecule has 1 aliphatic carbocycles. The molecule has 0 saturated heterocycles. The van der Waals surface area contributed by atoms with Crippen molar-refractivity contribution < 1.29 is 4.74 Å². The molecule has 0 radical (unpaired) electrons. The van der Waals surface area contributed by atoms with E-state index < -0.39 is 0 Å². The summed E-state index contributed by atoms with van der Waals surface area (Å²) in [5.74, 6) is 2.72. The van der Waals surface area contributed by atoms with E-state index in [1.165, 1.54) is 34.2 Å². The number of hydrogen-bond donors (Lipinski definition) is 0. The third kappa shape index (κ3) is 2.36. The van der Waals surface area contributed by atoms with E-state index in [1.807, 2.05) is 0 Å². The summed E-state index contributed by atoms with van der Waals surface area (Å²) in [5.41, 5.74) is 2.77. The maximum Gasteiger partial charge on any atom is 0.125 e. The fourth-order valence-corrected chi connectivity index (χ4v) is 4.51. The van der Waals surface area contributed by atoms with E-state index in [1.54, 1.807) is 0 Å². The molecule has 1 heterocycles. The first-order chi connectivity index (χ1) is 8.65. The van der Waals surface area contributed by atoms with Gasteiger partial charge in [-0.15, -0.1) is 0 Å². The van der Waals surface area contributed by atoms with Crippen LogP contribution >= 0.6 is 31.9 Å². The summed E-state index contributed by atoms with van der Waals surface area (Å²) in [7, 11) is 0. The van der Waals surface area contributed by atoms with Crippen LogP contribution in [0, 0.1) is 11.8 Å². The van der Waals surface area contributed by atoms with Crippen molar-refractivity contribution >= 4 is 31.9 Å². The molecule has 0 aromatic heterocycles. The Bertz CT molecular complexity index is 458. The number of alkyl halides is 1. The van der Waals surface area contributed by atoms with E-state index in [2.05, 4.69) is 50.9 Å². The van der Waals surface area contributed by atoms with Gasteiger partial charge in [0.15, 0.2) is 0 Å². The summed E-state index contributed by atoms with van der Waals surface area (Å²) in [6.45, 7) is 3.22. The third-order valence-corrected chi connectivity index (χ3v) is 6.18. The highest BCUT2D eigenvalue weighted by Crippen LogP contribution is 2.41. The number of hydrogen-bond acceptors (Lipinski definition) is 1. The molecular weight excluding hydrogens is 356 g/mol. The Morgan fingerprint density at radius 1 is 1.33 bits per heavy atom. The largest absolute Gasteiger partial charge is 0.493 e. The summed E-state index contributed by atoms with van der Waals surface area (Å²) >= 11 is 7.42. The number of halogens is 2. The summed E-state index contributed by atoms with van der Waals surface area (Å²) in [5, 5.41) is 0. The van der Waals surface area contributed by atoms with Crippen LogP contribution in [0.15, 0.2) is 16.6 Å². The molecule has 0 N–H and O–H groups in total. The van der Waals surface area contributed by atoms with Crippen molar-refractivity contribution in [3.05, 3.63) is 27.7 Å². The maximum atomic E-state index is 5.82. The standard InChI is InChI=1S/C15H18Br2O/c1-9-10(2-3-14(9)17)6-12-8-13(16)7-11-4-5-18-15(11)12/h7-10,14H,2-6H2,1H3. The predicted molar refractivity (Wildman–Crippen MR) is 81.6 cm³/mol. The SMILES string of the molecule is CC1C(Br)CCC1Cc1cc(Br)cc2c1OCC2. The summed E-state index contributed by atoms with van der Waals surface area (Å²) in [6.07, 6.45) is 4.86. The van der Waals surface area contributed by atoms with E-state index in [9.17, 15) is 0 Å². The van der Waals surface area contributed by atoms with Crippen LogP contribution in [0.5, 0.6) is 5.75 Å². The Kier molecular flexibility index (Phi) is 3.72. The highest BCUT2D eigenvalue weighted by molar-refractivity contribution is 9.10. The highest BCUT2D eigenvalue weighted by Gasteiger charge is 2.32. The van der Waals surface area contributed by atoms with Gasteiger partial charge in [0, 0.05) is 15.7 Å². The number of rotatable bonds is 2. The second-order valence-electron chi connectivity index (χ2n) is 5.57. The van der Waals surface area contributed by atoms with Gasteiger partial charge in [0.05, 0.1) is 6.61 Å². The molecule has 1 nitrogen and oxygen atoms in total. The molecule has 1 saturated carbocycles. The minimum absolute atomic E-state index is 0.698. The molecule has 1 aliphatic heterocycles. The smallest absolute Gasteiger partial charge is 0.125 e. The van der Waals surface area contributed by atoms with Gasteiger partial charge in [0.2, 0.25) is 0 Å². The maximum absolute atomic E-state index is 5.82. The van der Waals surface area contributed by atoms with E-state index in [4.69, 9.17) is 4.74 Å². The molecule has 1 fully saturated rings. The first-order valence-corrected chi connectivity index (χ1v) is 8.44. The molecule has 3 unspecified atom stereocenters. The minimum atomic E-state index is 0.698. The van der Waals surface area contributed by atoms with Crippen LogP contribution in [0.3, 0.4) is 0 Å². The number of fused-ring (bicyclic) bond motifs is 1. The molecule has 98 valence electrons. The van der Waals surface area contributed by atoms with Gasteiger partial charge in [-0.2, -0.15) is 0 Å². The number of ether oxygens (including phenoxy) is 1. The Morgan fingerprint density at radius 2 is 2.17 bits per heavy atom. The number of benzene rings is 1. The minimum Gasteiger partial charge on any atom is -0.493 e. The Hall–Kier alpha value is -0.0200. The first kappa shape index (κ1) is 13.0. The van der Waals surface area contributed by atoms with Gasteiger partial charge in [0.25, 0.3) is 0 Å². The molecule has 1 aromatic rings. The highest BCUT2D eigenvalue weighted by atomic mass is 79.9. The average Bonchev–Trinajstić information content (AvgIpc) is 2.90. The van der Waals surface area contributed by atoms with E-state index in [0.717, 1.165) is 31.3 Å². The van der Waals surface area contributed by atoms with E-state index >= 15 is 0 Å². The van der Waals surface area contributed by atoms with Crippen LogP contribution in [-0.4, -0.2) is 11.4 Å². The van der Waals surface area contributed by atoms with Crippen molar-refractivity contribution in [1.29, 1.82) is 0 Å². The molecule has 1 aromatic carbocycles. The van der Waals surface area contributed by atoms with Crippen LogP contribution in [-0.2, 0) is 12.8 Å². The molecule has 18 heavy (non-hydrogen) atoms. The van der Waals surface area contributed by atoms with Crippen molar-refractivity contribution in [1.82, 2.24) is 0 Å². The molecule has 2 aliphatic rings. The monoisotopic (exact) mass is 372 g/mol. The third-order valence-electron chi connectivity index (χ3n) is 4.43. The Labute approximate surface area is 126 Å².